The van der Waals surface area contributed by atoms with Crippen LogP contribution < -0.4 is 5.32 Å². The van der Waals surface area contributed by atoms with E-state index in [0.29, 0.717) is 111 Å². The summed E-state index contributed by atoms with van der Waals surface area (Å²) >= 11 is 3.30. The highest BCUT2D eigenvalue weighted by Gasteiger charge is 2.06. The van der Waals surface area contributed by atoms with Gasteiger partial charge >= 0.3 is 5.97 Å². The minimum absolute atomic E-state index is 0.196. The summed E-state index contributed by atoms with van der Waals surface area (Å²) in [5, 5.41) is 4.15. The summed E-state index contributed by atoms with van der Waals surface area (Å²) in [6.07, 6.45) is 2.25. The Morgan fingerprint density at radius 1 is 0.585 bits per heavy atom. The topological polar surface area (TPSA) is 112 Å². The van der Waals surface area contributed by atoms with Crippen LogP contribution in [0.5, 0.6) is 0 Å². The molecule has 12 heteroatoms. The number of esters is 1. The van der Waals surface area contributed by atoms with Crippen LogP contribution in [-0.2, 0) is 42.6 Å². The van der Waals surface area contributed by atoms with Crippen LogP contribution in [0.3, 0.4) is 0 Å². The highest BCUT2D eigenvalue weighted by molar-refractivity contribution is 9.09. The monoisotopic (exact) mass is 651 g/mol. The van der Waals surface area contributed by atoms with E-state index in [2.05, 4.69) is 28.2 Å². The van der Waals surface area contributed by atoms with Gasteiger partial charge in [-0.05, 0) is 30.7 Å². The molecule has 41 heavy (non-hydrogen) atoms. The molecule has 11 nitrogen and oxygen atoms in total. The van der Waals surface area contributed by atoms with Crippen LogP contribution in [0.2, 0.25) is 0 Å². The molecule has 1 N–H and O–H groups in total. The van der Waals surface area contributed by atoms with Gasteiger partial charge in [-0.2, -0.15) is 0 Å². The molecule has 0 spiro atoms. The molecule has 1 aromatic carbocycles. The maximum absolute atomic E-state index is 12.1. The second-order valence-electron chi connectivity index (χ2n) is 8.58. The number of hydrogen-bond acceptors (Lipinski definition) is 11. The summed E-state index contributed by atoms with van der Waals surface area (Å²) < 4.78 is 48.6. The molecule has 0 fully saturated rings. The normalized spacial score (nSPS) is 11.2. The lowest BCUT2D eigenvalue weighted by atomic mass is 10.2. The predicted octanol–water partition coefficient (Wildman–Crippen LogP) is 3.58. The second kappa shape index (κ2) is 30.1. The summed E-state index contributed by atoms with van der Waals surface area (Å²) in [4.78, 5) is 12.1. The van der Waals surface area contributed by atoms with Crippen molar-refractivity contribution in [3.05, 3.63) is 29.8 Å². The lowest BCUT2D eigenvalue weighted by molar-refractivity contribution is -0.0241. The molecule has 0 unspecified atom stereocenters. The van der Waals surface area contributed by atoms with Crippen LogP contribution in [0, 0.1) is 0 Å². The average molecular weight is 653 g/mol. The third kappa shape index (κ3) is 24.9. The molecule has 1 aromatic rings. The van der Waals surface area contributed by atoms with Crippen molar-refractivity contribution in [1.82, 2.24) is 0 Å². The number of carbonyl (C=O) groups excluding carboxylic acids is 1. The first-order chi connectivity index (χ1) is 20.3. The molecule has 0 radical (unpaired) electrons. The fraction of sp³-hybridized carbons (Fsp3) is 0.759. The van der Waals surface area contributed by atoms with E-state index in [1.54, 1.807) is 12.1 Å². The van der Waals surface area contributed by atoms with Crippen LogP contribution in [-0.4, -0.2) is 130 Å². The highest BCUT2D eigenvalue weighted by Crippen LogP contribution is 2.10. The number of hydrogen-bond donors (Lipinski definition) is 1. The summed E-state index contributed by atoms with van der Waals surface area (Å²) in [6.45, 7) is 11.4. The number of halogens is 1. The van der Waals surface area contributed by atoms with Gasteiger partial charge in [-0.15, -0.1) is 0 Å². The van der Waals surface area contributed by atoms with Gasteiger partial charge in [-0.25, -0.2) is 4.79 Å². The van der Waals surface area contributed by atoms with Gasteiger partial charge in [0.2, 0.25) is 0 Å². The van der Waals surface area contributed by atoms with Crippen molar-refractivity contribution in [2.24, 2.45) is 0 Å². The third-order valence-electron chi connectivity index (χ3n) is 5.27. The predicted molar refractivity (Wildman–Crippen MR) is 160 cm³/mol. The molecule has 238 valence electrons. The van der Waals surface area contributed by atoms with Gasteiger partial charge in [0.05, 0.1) is 111 Å². The summed E-state index contributed by atoms with van der Waals surface area (Å²) in [7, 11) is 0. The molecule has 0 atom stereocenters. The van der Waals surface area contributed by atoms with Crippen molar-refractivity contribution in [3.8, 4) is 0 Å². The molecule has 0 amide bonds. The Morgan fingerprint density at radius 2 is 0.951 bits per heavy atom. The Labute approximate surface area is 253 Å². The number of alkyl halides is 1. The number of anilines is 1. The minimum atomic E-state index is -0.357. The van der Waals surface area contributed by atoms with Crippen LogP contribution in [0.25, 0.3) is 0 Å². The van der Waals surface area contributed by atoms with E-state index in [9.17, 15) is 4.79 Å². The smallest absolute Gasteiger partial charge is 0.338 e. The first-order valence-electron chi connectivity index (χ1n) is 14.5. The fourth-order valence-electron chi connectivity index (χ4n) is 3.11. The molecule has 0 heterocycles. The Kier molecular flexibility index (Phi) is 27.7. The number of carbonyl (C=O) groups is 1. The van der Waals surface area contributed by atoms with Gasteiger partial charge in [0.15, 0.2) is 0 Å². The molecule has 0 aliphatic heterocycles. The number of rotatable bonds is 31. The maximum Gasteiger partial charge on any atom is 0.338 e. The Morgan fingerprint density at radius 3 is 1.32 bits per heavy atom. The van der Waals surface area contributed by atoms with E-state index in [1.165, 1.54) is 0 Å². The number of unbranched alkanes of at least 4 members (excludes halogenated alkanes) is 1. The molecule has 0 aliphatic rings. The van der Waals surface area contributed by atoms with Crippen molar-refractivity contribution in [2.45, 2.75) is 19.8 Å². The van der Waals surface area contributed by atoms with E-state index in [1.807, 2.05) is 12.1 Å². The first kappa shape index (κ1) is 37.7. The average Bonchev–Trinajstić information content (AvgIpc) is 2.99. The Bertz CT molecular complexity index is 699. The van der Waals surface area contributed by atoms with Crippen LogP contribution in [0.1, 0.15) is 30.1 Å². The number of ether oxygens (including phenoxy) is 9. The zero-order valence-electron chi connectivity index (χ0n) is 24.6. The lowest BCUT2D eigenvalue weighted by Crippen LogP contribution is -2.15. The summed E-state index contributed by atoms with van der Waals surface area (Å²) in [6, 6.07) is 7.29. The Hall–Kier alpha value is -1.35. The third-order valence-corrected chi connectivity index (χ3v) is 5.59. The van der Waals surface area contributed by atoms with Gasteiger partial charge in [0, 0.05) is 17.6 Å². The zero-order valence-corrected chi connectivity index (χ0v) is 26.2. The van der Waals surface area contributed by atoms with Crippen molar-refractivity contribution in [2.75, 3.05) is 130 Å². The van der Waals surface area contributed by atoms with Crippen molar-refractivity contribution in [3.63, 3.8) is 0 Å². The quantitative estimate of drug-likeness (QED) is 0.0722. The van der Waals surface area contributed by atoms with E-state index >= 15 is 0 Å². The molecule has 0 aromatic heterocycles. The van der Waals surface area contributed by atoms with Crippen LogP contribution in [0.15, 0.2) is 24.3 Å². The van der Waals surface area contributed by atoms with Gasteiger partial charge in [0.25, 0.3) is 0 Å². The van der Waals surface area contributed by atoms with Gasteiger partial charge in [-0.1, -0.05) is 29.3 Å². The van der Waals surface area contributed by atoms with Crippen molar-refractivity contribution >= 4 is 27.6 Å². The molecule has 0 saturated carbocycles. The molecule has 0 aliphatic carbocycles. The molecule has 1 rings (SSSR count). The van der Waals surface area contributed by atoms with Crippen molar-refractivity contribution in [1.29, 1.82) is 0 Å². The minimum Gasteiger partial charge on any atom is -0.460 e. The van der Waals surface area contributed by atoms with Gasteiger partial charge in [0.1, 0.15) is 6.61 Å². The standard InChI is InChI=1S/C29H50BrNO10/c1-2-3-9-31-28-6-4-27(5-7-28)29(32)41-26-25-40-24-23-39-22-21-38-20-19-37-18-17-36-16-15-35-14-13-34-12-11-33-10-8-30/h4-7,31H,2-3,8-26H2,1H3. The van der Waals surface area contributed by atoms with Crippen LogP contribution >= 0.6 is 15.9 Å². The van der Waals surface area contributed by atoms with E-state index < -0.39 is 0 Å². The van der Waals surface area contributed by atoms with Crippen molar-refractivity contribution < 1.29 is 47.4 Å². The second-order valence-corrected chi connectivity index (χ2v) is 9.37. The highest BCUT2D eigenvalue weighted by atomic mass is 79.9. The van der Waals surface area contributed by atoms with E-state index in [-0.39, 0.29) is 12.6 Å². The van der Waals surface area contributed by atoms with E-state index in [4.69, 9.17) is 42.6 Å². The summed E-state index contributed by atoms with van der Waals surface area (Å²) in [5.41, 5.74) is 1.52. The zero-order chi connectivity index (χ0) is 29.5. The van der Waals surface area contributed by atoms with Gasteiger partial charge < -0.3 is 47.9 Å². The Balaban J connectivity index is 1.75. The fourth-order valence-corrected chi connectivity index (χ4v) is 3.34. The molecule has 0 bridgehead atoms. The SMILES string of the molecule is CCCCNc1ccc(C(=O)OCCOCCOCCOCCOCCOCCOCCOCCOCCBr)cc1. The van der Waals surface area contributed by atoms with Gasteiger partial charge in [-0.3, -0.25) is 0 Å². The van der Waals surface area contributed by atoms with Crippen LogP contribution in [0.4, 0.5) is 5.69 Å². The number of nitrogens with one attached hydrogen (secondary N) is 1. The lowest BCUT2D eigenvalue weighted by Gasteiger charge is -2.09. The molecular weight excluding hydrogens is 602 g/mol. The molecule has 0 saturated heterocycles. The maximum atomic E-state index is 12.1. The first-order valence-corrected chi connectivity index (χ1v) is 15.6. The van der Waals surface area contributed by atoms with E-state index in [0.717, 1.165) is 30.4 Å². The molecular formula is C29H50BrNO10. The number of benzene rings is 1. The summed E-state index contributed by atoms with van der Waals surface area (Å²) in [5.74, 6) is -0.357. The largest absolute Gasteiger partial charge is 0.460 e.